The molecule has 1 atom stereocenters. The molecule has 0 fully saturated rings. The normalized spacial score (nSPS) is 18.7. The summed E-state index contributed by atoms with van der Waals surface area (Å²) in [5, 5.41) is 2.94. The number of hydrogen-bond donors (Lipinski definition) is 1. The predicted molar refractivity (Wildman–Crippen MR) is 79.1 cm³/mol. The van der Waals surface area contributed by atoms with Crippen LogP contribution in [-0.4, -0.2) is 19.6 Å². The molecule has 4 nitrogen and oxygen atoms in total. The molecule has 21 heavy (non-hydrogen) atoms. The lowest BCUT2D eigenvalue weighted by atomic mass is 9.90. The summed E-state index contributed by atoms with van der Waals surface area (Å²) in [6, 6.07) is 11.7. The van der Waals surface area contributed by atoms with E-state index in [1.54, 1.807) is 7.11 Å². The van der Waals surface area contributed by atoms with Gasteiger partial charge in [0, 0.05) is 23.7 Å². The molecule has 1 N–H and O–H groups in total. The van der Waals surface area contributed by atoms with Gasteiger partial charge in [0.05, 0.1) is 19.6 Å². The second-order valence-corrected chi connectivity index (χ2v) is 5.31. The summed E-state index contributed by atoms with van der Waals surface area (Å²) < 4.78 is 11.1. The quantitative estimate of drug-likeness (QED) is 0.920. The van der Waals surface area contributed by atoms with E-state index in [1.165, 1.54) is 0 Å². The zero-order valence-corrected chi connectivity index (χ0v) is 11.7. The van der Waals surface area contributed by atoms with Crippen molar-refractivity contribution in [3.63, 3.8) is 0 Å². The molecule has 1 unspecified atom stereocenters. The number of fused-ring (bicyclic) bond motifs is 2. The van der Waals surface area contributed by atoms with E-state index in [-0.39, 0.29) is 11.8 Å². The number of ether oxygens (including phenoxy) is 2. The number of carbonyl (C=O) groups excluding carboxylic acids is 1. The maximum Gasteiger partial charge on any atom is 0.236 e. The Morgan fingerprint density at radius 3 is 2.95 bits per heavy atom. The van der Waals surface area contributed by atoms with Gasteiger partial charge in [0.25, 0.3) is 0 Å². The third kappa shape index (κ3) is 1.79. The number of carbonyl (C=O) groups is 1. The Bertz CT molecular complexity index is 739. The fourth-order valence-electron chi connectivity index (χ4n) is 3.15. The summed E-state index contributed by atoms with van der Waals surface area (Å²) in [4.78, 5) is 12.4. The van der Waals surface area contributed by atoms with Gasteiger partial charge in [-0.15, -0.1) is 0 Å². The highest BCUT2D eigenvalue weighted by molar-refractivity contribution is 6.05. The summed E-state index contributed by atoms with van der Waals surface area (Å²) >= 11 is 0. The highest BCUT2D eigenvalue weighted by Gasteiger charge is 2.34. The van der Waals surface area contributed by atoms with Gasteiger partial charge < -0.3 is 14.8 Å². The first-order chi connectivity index (χ1) is 10.3. The average Bonchev–Trinajstić information content (AvgIpc) is 3.07. The Morgan fingerprint density at radius 1 is 1.24 bits per heavy atom. The van der Waals surface area contributed by atoms with Gasteiger partial charge in [-0.25, -0.2) is 0 Å². The molecule has 2 aromatic rings. The van der Waals surface area contributed by atoms with Crippen molar-refractivity contribution < 1.29 is 14.3 Å². The number of para-hydroxylation sites is 1. The standard InChI is InChI=1S/C17H15NO3/c1-20-15-9-14-10(6-7-21-14)8-12(15)16-11-4-2-3-5-13(11)18-17(16)19/h2-5,8-9,16H,6-7H2,1H3,(H,18,19). The minimum absolute atomic E-state index is 0.00614. The average molecular weight is 281 g/mol. The highest BCUT2D eigenvalue weighted by atomic mass is 16.5. The largest absolute Gasteiger partial charge is 0.496 e. The second kappa shape index (κ2) is 4.52. The summed E-state index contributed by atoms with van der Waals surface area (Å²) in [7, 11) is 1.62. The molecule has 1 amide bonds. The summed E-state index contributed by atoms with van der Waals surface area (Å²) in [5.74, 6) is 1.24. The van der Waals surface area contributed by atoms with E-state index < -0.39 is 0 Å². The fraction of sp³-hybridized carbons (Fsp3) is 0.235. The Hall–Kier alpha value is -2.49. The van der Waals surface area contributed by atoms with Gasteiger partial charge in [0.1, 0.15) is 11.5 Å². The van der Waals surface area contributed by atoms with Crippen molar-refractivity contribution >= 4 is 11.6 Å². The summed E-state index contributed by atoms with van der Waals surface area (Å²) in [6.45, 7) is 0.690. The molecule has 2 aliphatic rings. The van der Waals surface area contributed by atoms with E-state index in [9.17, 15) is 4.79 Å². The van der Waals surface area contributed by atoms with Crippen molar-refractivity contribution in [2.75, 3.05) is 19.0 Å². The molecular weight excluding hydrogens is 266 g/mol. The lowest BCUT2D eigenvalue weighted by Gasteiger charge is -2.15. The number of rotatable bonds is 2. The van der Waals surface area contributed by atoms with Crippen LogP contribution >= 0.6 is 0 Å². The van der Waals surface area contributed by atoms with Gasteiger partial charge in [0.15, 0.2) is 0 Å². The molecular formula is C17H15NO3. The Labute approximate surface area is 122 Å². The van der Waals surface area contributed by atoms with Crippen molar-refractivity contribution in [3.8, 4) is 11.5 Å². The SMILES string of the molecule is COc1cc2c(cc1C1C(=O)Nc3ccccc31)CCO2. The highest BCUT2D eigenvalue weighted by Crippen LogP contribution is 2.43. The lowest BCUT2D eigenvalue weighted by molar-refractivity contribution is -0.116. The Morgan fingerprint density at radius 2 is 2.10 bits per heavy atom. The van der Waals surface area contributed by atoms with E-state index in [0.29, 0.717) is 12.4 Å². The zero-order valence-electron chi connectivity index (χ0n) is 11.7. The number of methoxy groups -OCH3 is 1. The molecule has 0 bridgehead atoms. The van der Waals surface area contributed by atoms with Gasteiger partial charge >= 0.3 is 0 Å². The maximum atomic E-state index is 12.4. The molecule has 0 aliphatic carbocycles. The van der Waals surface area contributed by atoms with Crippen molar-refractivity contribution in [2.24, 2.45) is 0 Å². The first-order valence-corrected chi connectivity index (χ1v) is 7.01. The van der Waals surface area contributed by atoms with E-state index >= 15 is 0 Å². The second-order valence-electron chi connectivity index (χ2n) is 5.31. The van der Waals surface area contributed by atoms with Gasteiger partial charge in [-0.2, -0.15) is 0 Å². The number of hydrogen-bond acceptors (Lipinski definition) is 3. The molecule has 0 saturated carbocycles. The fourth-order valence-corrected chi connectivity index (χ4v) is 3.15. The molecule has 2 aliphatic heterocycles. The molecule has 0 spiro atoms. The molecule has 2 heterocycles. The lowest BCUT2D eigenvalue weighted by Crippen LogP contribution is -2.14. The van der Waals surface area contributed by atoms with Crippen molar-refractivity contribution in [2.45, 2.75) is 12.3 Å². The smallest absolute Gasteiger partial charge is 0.236 e. The number of anilines is 1. The molecule has 4 heteroatoms. The van der Waals surface area contributed by atoms with Crippen LogP contribution in [0.2, 0.25) is 0 Å². The van der Waals surface area contributed by atoms with Crippen LogP contribution in [0.3, 0.4) is 0 Å². The monoisotopic (exact) mass is 281 g/mol. The molecule has 2 aromatic carbocycles. The van der Waals surface area contributed by atoms with E-state index in [0.717, 1.165) is 34.5 Å². The van der Waals surface area contributed by atoms with Crippen LogP contribution in [0.4, 0.5) is 5.69 Å². The van der Waals surface area contributed by atoms with Gasteiger partial charge in [-0.3, -0.25) is 4.79 Å². The third-order valence-electron chi connectivity index (χ3n) is 4.14. The van der Waals surface area contributed by atoms with Crippen molar-refractivity contribution in [3.05, 3.63) is 53.1 Å². The molecule has 106 valence electrons. The van der Waals surface area contributed by atoms with Crippen LogP contribution in [0.25, 0.3) is 0 Å². The number of nitrogens with one attached hydrogen (secondary N) is 1. The number of amides is 1. The van der Waals surface area contributed by atoms with Gasteiger partial charge in [-0.1, -0.05) is 18.2 Å². The third-order valence-corrected chi connectivity index (χ3v) is 4.14. The Balaban J connectivity index is 1.89. The van der Waals surface area contributed by atoms with Crippen LogP contribution in [-0.2, 0) is 11.2 Å². The molecule has 0 saturated heterocycles. The minimum atomic E-state index is -0.318. The van der Waals surface area contributed by atoms with Gasteiger partial charge in [0.2, 0.25) is 5.91 Å². The van der Waals surface area contributed by atoms with E-state index in [4.69, 9.17) is 9.47 Å². The van der Waals surface area contributed by atoms with E-state index in [2.05, 4.69) is 5.32 Å². The minimum Gasteiger partial charge on any atom is -0.496 e. The van der Waals surface area contributed by atoms with Gasteiger partial charge in [-0.05, 0) is 23.3 Å². The van der Waals surface area contributed by atoms with Crippen LogP contribution in [0.5, 0.6) is 11.5 Å². The van der Waals surface area contributed by atoms with Crippen molar-refractivity contribution in [1.29, 1.82) is 0 Å². The van der Waals surface area contributed by atoms with Crippen LogP contribution in [0, 0.1) is 0 Å². The summed E-state index contributed by atoms with van der Waals surface area (Å²) in [6.07, 6.45) is 0.877. The van der Waals surface area contributed by atoms with Crippen LogP contribution in [0.15, 0.2) is 36.4 Å². The summed E-state index contributed by atoms with van der Waals surface area (Å²) in [5.41, 5.74) is 3.93. The predicted octanol–water partition coefficient (Wildman–Crippen LogP) is 2.71. The van der Waals surface area contributed by atoms with Crippen LogP contribution in [0.1, 0.15) is 22.6 Å². The Kier molecular flexibility index (Phi) is 2.64. The molecule has 0 aromatic heterocycles. The maximum absolute atomic E-state index is 12.4. The first kappa shape index (κ1) is 12.3. The molecule has 0 radical (unpaired) electrons. The van der Waals surface area contributed by atoms with Crippen LogP contribution < -0.4 is 14.8 Å². The molecule has 4 rings (SSSR count). The number of benzene rings is 2. The van der Waals surface area contributed by atoms with Crippen molar-refractivity contribution in [1.82, 2.24) is 0 Å². The topological polar surface area (TPSA) is 47.6 Å². The first-order valence-electron chi connectivity index (χ1n) is 7.01. The zero-order chi connectivity index (χ0) is 14.4. The van der Waals surface area contributed by atoms with E-state index in [1.807, 2.05) is 36.4 Å².